The van der Waals surface area contributed by atoms with E-state index in [2.05, 4.69) is 0 Å². The molecule has 1 saturated heterocycles. The molecule has 0 radical (unpaired) electrons. The molecule has 1 fully saturated rings. The fourth-order valence-electron chi connectivity index (χ4n) is 3.19. The second-order valence-corrected chi connectivity index (χ2v) is 7.09. The highest BCUT2D eigenvalue weighted by Crippen LogP contribution is 2.35. The van der Waals surface area contributed by atoms with Gasteiger partial charge < -0.3 is 14.6 Å². The van der Waals surface area contributed by atoms with Crippen LogP contribution in [0.2, 0.25) is 0 Å². The molecule has 156 valence electrons. The number of benzene rings is 3. The Hall–Kier alpha value is -2.90. The maximum Gasteiger partial charge on any atom is 0.201 e. The highest BCUT2D eigenvalue weighted by atomic mass is 19.2. The molecule has 1 N–H and O–H groups in total. The third-order valence-electron chi connectivity index (χ3n) is 4.98. The number of rotatable bonds is 6. The molecule has 2 atom stereocenters. The van der Waals surface area contributed by atoms with Gasteiger partial charge in [-0.1, -0.05) is 36.4 Å². The van der Waals surface area contributed by atoms with Crippen LogP contribution in [0.15, 0.2) is 48.5 Å². The van der Waals surface area contributed by atoms with Gasteiger partial charge in [-0.25, -0.2) is 13.2 Å². The smallest absolute Gasteiger partial charge is 0.201 e. The van der Waals surface area contributed by atoms with Crippen LogP contribution in [0.5, 0.6) is 5.75 Å². The summed E-state index contributed by atoms with van der Waals surface area (Å²) in [5.74, 6) is -4.48. The average molecular weight is 418 g/mol. The van der Waals surface area contributed by atoms with Crippen LogP contribution in [-0.4, -0.2) is 11.7 Å². The lowest BCUT2D eigenvalue weighted by molar-refractivity contribution is 0.191. The van der Waals surface area contributed by atoms with Crippen molar-refractivity contribution in [2.45, 2.75) is 25.7 Å². The van der Waals surface area contributed by atoms with Crippen molar-refractivity contribution in [1.82, 2.24) is 0 Å². The van der Waals surface area contributed by atoms with E-state index < -0.39 is 29.4 Å². The number of hydrogen-bond donors (Lipinski definition) is 1. The van der Waals surface area contributed by atoms with Gasteiger partial charge in [-0.15, -0.1) is 0 Å². The van der Waals surface area contributed by atoms with Crippen molar-refractivity contribution in [2.24, 2.45) is 0 Å². The van der Waals surface area contributed by atoms with Crippen molar-refractivity contribution in [3.8, 4) is 16.9 Å². The minimum atomic E-state index is -1.18. The number of ether oxygens (including phenoxy) is 2. The quantitative estimate of drug-likeness (QED) is 0.418. The average Bonchev–Trinajstić information content (AvgIpc) is 3.56. The Balaban J connectivity index is 1.49. The Kier molecular flexibility index (Phi) is 5.49. The zero-order valence-electron chi connectivity index (χ0n) is 16.0. The monoisotopic (exact) mass is 418 g/mol. The van der Waals surface area contributed by atoms with Gasteiger partial charge in [0.1, 0.15) is 12.7 Å². The number of aliphatic hydroxyl groups excluding tert-OH is 1. The molecule has 0 aliphatic carbocycles. The second-order valence-electron chi connectivity index (χ2n) is 7.09. The Morgan fingerprint density at radius 1 is 0.933 bits per heavy atom. The Morgan fingerprint density at radius 3 is 2.27 bits per heavy atom. The van der Waals surface area contributed by atoms with Crippen LogP contribution < -0.4 is 4.74 Å². The summed E-state index contributed by atoms with van der Waals surface area (Å²) in [6, 6.07) is 12.0. The summed E-state index contributed by atoms with van der Waals surface area (Å²) in [6.45, 7) is 1.66. The summed E-state index contributed by atoms with van der Waals surface area (Å²) in [4.78, 5) is 0. The lowest BCUT2D eigenvalue weighted by Crippen LogP contribution is -2.03. The normalized spacial score (nSPS) is 16.4. The number of epoxide rings is 1. The summed E-state index contributed by atoms with van der Waals surface area (Å²) >= 11 is 0. The van der Waals surface area contributed by atoms with Gasteiger partial charge in [-0.2, -0.15) is 4.39 Å². The molecule has 3 aromatic rings. The van der Waals surface area contributed by atoms with Crippen LogP contribution in [0.4, 0.5) is 17.6 Å². The van der Waals surface area contributed by atoms with E-state index in [-0.39, 0.29) is 35.2 Å². The molecule has 1 heterocycles. The number of hydrogen-bond acceptors (Lipinski definition) is 3. The predicted molar refractivity (Wildman–Crippen MR) is 102 cm³/mol. The van der Waals surface area contributed by atoms with Gasteiger partial charge in [0, 0.05) is 16.7 Å². The molecule has 0 aromatic heterocycles. The van der Waals surface area contributed by atoms with Crippen molar-refractivity contribution in [2.75, 3.05) is 6.61 Å². The van der Waals surface area contributed by atoms with E-state index >= 15 is 0 Å². The van der Waals surface area contributed by atoms with Crippen molar-refractivity contribution in [3.63, 3.8) is 0 Å². The fraction of sp³-hybridized carbons (Fsp3) is 0.217. The molecule has 30 heavy (non-hydrogen) atoms. The molecule has 2 unspecified atom stereocenters. The van der Waals surface area contributed by atoms with E-state index in [1.54, 1.807) is 24.3 Å². The highest BCUT2D eigenvalue weighted by molar-refractivity contribution is 5.65. The first-order valence-electron chi connectivity index (χ1n) is 9.34. The summed E-state index contributed by atoms with van der Waals surface area (Å²) in [6.07, 6.45) is -1.52. The van der Waals surface area contributed by atoms with Gasteiger partial charge in [0.25, 0.3) is 0 Å². The van der Waals surface area contributed by atoms with Crippen LogP contribution in [0.1, 0.15) is 35.8 Å². The predicted octanol–water partition coefficient (Wildman–Crippen LogP) is 5.61. The molecule has 0 saturated carbocycles. The summed E-state index contributed by atoms with van der Waals surface area (Å²) < 4.78 is 67.0. The fourth-order valence-corrected chi connectivity index (χ4v) is 3.19. The molecule has 1 aliphatic rings. The first-order chi connectivity index (χ1) is 14.4. The van der Waals surface area contributed by atoms with Gasteiger partial charge in [0.2, 0.25) is 5.82 Å². The summed E-state index contributed by atoms with van der Waals surface area (Å²) in [7, 11) is 0. The standard InChI is InChI=1S/C23H18F4O3/c1-12(28)15-8-9-18(23(27)20(15)24)29-10-13-2-4-14(5-3-13)16-6-7-17(19-11-30-19)22(26)21(16)25/h2-9,12,19,28H,10-11H2,1H3. The second kappa shape index (κ2) is 8.08. The molecule has 0 bridgehead atoms. The van der Waals surface area contributed by atoms with E-state index in [0.717, 1.165) is 0 Å². The SMILES string of the molecule is CC(O)c1ccc(OCc2ccc(-c3ccc(C4CO4)c(F)c3F)cc2)c(F)c1F. The minimum Gasteiger partial charge on any atom is -0.486 e. The van der Waals surface area contributed by atoms with Crippen molar-refractivity contribution in [3.05, 3.63) is 88.5 Å². The van der Waals surface area contributed by atoms with Crippen LogP contribution in [0.3, 0.4) is 0 Å². The molecular formula is C23H18F4O3. The summed E-state index contributed by atoms with van der Waals surface area (Å²) in [5.41, 5.74) is 1.26. The Morgan fingerprint density at radius 2 is 1.63 bits per heavy atom. The zero-order chi connectivity index (χ0) is 21.4. The molecule has 4 rings (SSSR count). The molecule has 0 amide bonds. The Labute approximate surface area is 170 Å². The van der Waals surface area contributed by atoms with Crippen molar-refractivity contribution < 1.29 is 32.1 Å². The van der Waals surface area contributed by atoms with Gasteiger partial charge in [-0.05, 0) is 30.2 Å². The molecule has 3 nitrogen and oxygen atoms in total. The first kappa shape index (κ1) is 20.4. The first-order valence-corrected chi connectivity index (χ1v) is 9.34. The third kappa shape index (κ3) is 3.91. The van der Waals surface area contributed by atoms with E-state index in [4.69, 9.17) is 9.47 Å². The van der Waals surface area contributed by atoms with Crippen LogP contribution >= 0.6 is 0 Å². The molecule has 3 aromatic carbocycles. The van der Waals surface area contributed by atoms with Gasteiger partial charge in [0.05, 0.1) is 12.7 Å². The highest BCUT2D eigenvalue weighted by Gasteiger charge is 2.30. The van der Waals surface area contributed by atoms with E-state index in [9.17, 15) is 22.7 Å². The molecular weight excluding hydrogens is 400 g/mol. The number of halogens is 4. The third-order valence-corrected chi connectivity index (χ3v) is 4.98. The maximum atomic E-state index is 14.4. The van der Waals surface area contributed by atoms with Gasteiger partial charge in [0.15, 0.2) is 23.2 Å². The maximum absolute atomic E-state index is 14.4. The summed E-state index contributed by atoms with van der Waals surface area (Å²) in [5, 5.41) is 9.43. The molecule has 0 spiro atoms. The van der Waals surface area contributed by atoms with Gasteiger partial charge >= 0.3 is 0 Å². The van der Waals surface area contributed by atoms with Crippen LogP contribution in [0.25, 0.3) is 11.1 Å². The molecule has 1 aliphatic heterocycles. The number of aliphatic hydroxyl groups is 1. The van der Waals surface area contributed by atoms with Crippen LogP contribution in [-0.2, 0) is 11.3 Å². The van der Waals surface area contributed by atoms with Crippen LogP contribution in [0, 0.1) is 23.3 Å². The Bertz CT molecular complexity index is 1080. The van der Waals surface area contributed by atoms with Crippen molar-refractivity contribution in [1.29, 1.82) is 0 Å². The lowest BCUT2D eigenvalue weighted by Gasteiger charge is -2.12. The van der Waals surface area contributed by atoms with E-state index in [0.29, 0.717) is 17.7 Å². The zero-order valence-corrected chi connectivity index (χ0v) is 16.0. The van der Waals surface area contributed by atoms with Gasteiger partial charge in [-0.3, -0.25) is 0 Å². The van der Waals surface area contributed by atoms with E-state index in [1.165, 1.54) is 31.2 Å². The molecule has 7 heteroatoms. The lowest BCUT2D eigenvalue weighted by atomic mass is 10.0. The minimum absolute atomic E-state index is 0.0561. The topological polar surface area (TPSA) is 42.0 Å². The van der Waals surface area contributed by atoms with Crippen molar-refractivity contribution >= 4 is 0 Å². The largest absolute Gasteiger partial charge is 0.486 e. The van der Waals surface area contributed by atoms with E-state index in [1.807, 2.05) is 0 Å².